The fourth-order valence-corrected chi connectivity index (χ4v) is 5.97. The number of nitrogens with one attached hydrogen (secondary N) is 2. The maximum atomic E-state index is 11.0. The van der Waals surface area contributed by atoms with E-state index in [1.807, 2.05) is 12.1 Å². The second-order valence-electron chi connectivity index (χ2n) is 9.54. The molecular weight excluding hydrogens is 396 g/mol. The molecule has 4 rings (SSSR count). The fourth-order valence-electron chi connectivity index (χ4n) is 5.75. The highest BCUT2D eigenvalue weighted by atomic mass is 35.5. The molecule has 1 spiro atoms. The first-order chi connectivity index (χ1) is 14.5. The van der Waals surface area contributed by atoms with Gasteiger partial charge in [-0.1, -0.05) is 24.4 Å². The number of halogens is 1. The van der Waals surface area contributed by atoms with Gasteiger partial charge in [0, 0.05) is 37.2 Å². The maximum absolute atomic E-state index is 11.0. The Kier molecular flexibility index (Phi) is 6.34. The number of hydrogen-bond acceptors (Lipinski definition) is 4. The van der Waals surface area contributed by atoms with Gasteiger partial charge in [0.25, 0.3) is 0 Å². The minimum atomic E-state index is 0.211. The third-order valence-corrected chi connectivity index (χ3v) is 7.93. The van der Waals surface area contributed by atoms with E-state index < -0.39 is 0 Å². The highest BCUT2D eigenvalue weighted by molar-refractivity contribution is 6.32. The van der Waals surface area contributed by atoms with Crippen LogP contribution in [0.4, 0.5) is 5.69 Å². The van der Waals surface area contributed by atoms with E-state index in [-0.39, 0.29) is 12.0 Å². The lowest BCUT2D eigenvalue weighted by Crippen LogP contribution is -2.49. The van der Waals surface area contributed by atoms with Crippen LogP contribution in [0.5, 0.6) is 0 Å². The molecule has 0 radical (unpaired) electrons. The van der Waals surface area contributed by atoms with Crippen LogP contribution in [-0.2, 0) is 4.79 Å². The lowest BCUT2D eigenvalue weighted by Gasteiger charge is -2.51. The number of benzene rings is 1. The van der Waals surface area contributed by atoms with E-state index in [1.54, 1.807) is 6.07 Å². The maximum Gasteiger partial charge on any atom is 0.123 e. The summed E-state index contributed by atoms with van der Waals surface area (Å²) in [4.78, 5) is 13.2. The Hall–Kier alpha value is -2.06. The average molecular weight is 427 g/mol. The first-order valence-corrected chi connectivity index (χ1v) is 11.6. The van der Waals surface area contributed by atoms with Crippen LogP contribution in [0.25, 0.3) is 0 Å². The van der Waals surface area contributed by atoms with Gasteiger partial charge in [0.1, 0.15) is 12.4 Å². The van der Waals surface area contributed by atoms with Gasteiger partial charge in [-0.3, -0.25) is 5.41 Å². The second-order valence-corrected chi connectivity index (χ2v) is 9.95. The third kappa shape index (κ3) is 4.49. The van der Waals surface area contributed by atoms with Crippen molar-refractivity contribution < 1.29 is 4.79 Å². The first-order valence-electron chi connectivity index (χ1n) is 11.3. The van der Waals surface area contributed by atoms with Gasteiger partial charge in [0.05, 0.1) is 16.4 Å². The van der Waals surface area contributed by atoms with Crippen molar-refractivity contribution in [2.45, 2.75) is 63.8 Å². The summed E-state index contributed by atoms with van der Waals surface area (Å²) < 4.78 is 0. The topological polar surface area (TPSA) is 80.0 Å². The molecule has 2 aliphatic carbocycles. The molecule has 2 N–H and O–H groups in total. The van der Waals surface area contributed by atoms with Crippen molar-refractivity contribution in [3.8, 4) is 6.07 Å². The highest BCUT2D eigenvalue weighted by Gasteiger charge is 2.45. The molecule has 1 atom stereocenters. The summed E-state index contributed by atoms with van der Waals surface area (Å²) in [5.41, 5.74) is 1.78. The molecule has 30 heavy (non-hydrogen) atoms. The summed E-state index contributed by atoms with van der Waals surface area (Å²) in [5, 5.41) is 22.0. The van der Waals surface area contributed by atoms with Crippen molar-refractivity contribution in [1.82, 2.24) is 4.90 Å². The Morgan fingerprint density at radius 2 is 2.03 bits per heavy atom. The zero-order valence-electron chi connectivity index (χ0n) is 17.5. The van der Waals surface area contributed by atoms with Crippen molar-refractivity contribution in [3.05, 3.63) is 28.8 Å². The van der Waals surface area contributed by atoms with Crippen LogP contribution in [-0.4, -0.2) is 36.2 Å². The van der Waals surface area contributed by atoms with Crippen molar-refractivity contribution >= 4 is 29.4 Å². The van der Waals surface area contributed by atoms with Crippen LogP contribution >= 0.6 is 11.6 Å². The van der Waals surface area contributed by atoms with E-state index in [4.69, 9.17) is 22.3 Å². The molecule has 1 unspecified atom stereocenters. The SMILES string of the molecule is N#Cc1ccc(NC(CC(=N)N2CCC3(CC2)CC(C=O)C3)C2CCCC2)cc1Cl. The van der Waals surface area contributed by atoms with E-state index >= 15 is 0 Å². The monoisotopic (exact) mass is 426 g/mol. The molecule has 1 heterocycles. The second kappa shape index (κ2) is 8.98. The number of aldehydes is 1. The zero-order valence-corrected chi connectivity index (χ0v) is 18.3. The van der Waals surface area contributed by atoms with Crippen LogP contribution < -0.4 is 5.32 Å². The Balaban J connectivity index is 1.37. The Morgan fingerprint density at radius 1 is 1.33 bits per heavy atom. The number of piperidine rings is 1. The van der Waals surface area contributed by atoms with Gasteiger partial charge in [0.15, 0.2) is 0 Å². The summed E-state index contributed by atoms with van der Waals surface area (Å²) in [7, 11) is 0. The molecule has 5 nitrogen and oxygen atoms in total. The fraction of sp³-hybridized carbons (Fsp3) is 0.625. The van der Waals surface area contributed by atoms with Crippen molar-refractivity contribution in [2.24, 2.45) is 17.3 Å². The number of anilines is 1. The van der Waals surface area contributed by atoms with Crippen LogP contribution in [0.3, 0.4) is 0 Å². The lowest BCUT2D eigenvalue weighted by atomic mass is 9.58. The average Bonchev–Trinajstić information content (AvgIpc) is 3.26. The van der Waals surface area contributed by atoms with E-state index in [2.05, 4.69) is 16.3 Å². The number of nitrogens with zero attached hydrogens (tertiary/aromatic N) is 2. The van der Waals surface area contributed by atoms with E-state index in [0.29, 0.717) is 28.3 Å². The highest BCUT2D eigenvalue weighted by Crippen LogP contribution is 2.51. The molecule has 2 saturated carbocycles. The lowest BCUT2D eigenvalue weighted by molar-refractivity contribution is -0.119. The smallest absolute Gasteiger partial charge is 0.123 e. The number of rotatable bonds is 6. The van der Waals surface area contributed by atoms with E-state index in [0.717, 1.165) is 56.6 Å². The normalized spacial score (nSPS) is 22.3. The van der Waals surface area contributed by atoms with E-state index in [1.165, 1.54) is 25.7 Å². The van der Waals surface area contributed by atoms with Crippen molar-refractivity contribution in [3.63, 3.8) is 0 Å². The summed E-state index contributed by atoms with van der Waals surface area (Å²) >= 11 is 6.23. The van der Waals surface area contributed by atoms with Gasteiger partial charge >= 0.3 is 0 Å². The summed E-state index contributed by atoms with van der Waals surface area (Å²) in [6.07, 6.45) is 11.0. The van der Waals surface area contributed by atoms with Gasteiger partial charge in [-0.15, -0.1) is 0 Å². The minimum Gasteiger partial charge on any atom is -0.382 e. The molecule has 1 aliphatic heterocycles. The molecule has 3 aliphatic rings. The van der Waals surface area contributed by atoms with Gasteiger partial charge in [-0.05, 0) is 68.1 Å². The quantitative estimate of drug-likeness (QED) is 0.370. The molecule has 0 amide bonds. The molecule has 1 saturated heterocycles. The van der Waals surface area contributed by atoms with Crippen molar-refractivity contribution in [1.29, 1.82) is 10.7 Å². The van der Waals surface area contributed by atoms with Crippen molar-refractivity contribution in [2.75, 3.05) is 18.4 Å². The Bertz CT molecular complexity index is 826. The van der Waals surface area contributed by atoms with Crippen LogP contribution in [0, 0.1) is 34.0 Å². The molecule has 6 heteroatoms. The van der Waals surface area contributed by atoms with Gasteiger partial charge in [0.2, 0.25) is 0 Å². The molecule has 1 aromatic carbocycles. The third-order valence-electron chi connectivity index (χ3n) is 7.61. The minimum absolute atomic E-state index is 0.211. The number of likely N-dealkylation sites (tertiary alicyclic amines) is 1. The van der Waals surface area contributed by atoms with Gasteiger partial charge < -0.3 is 15.0 Å². The molecule has 3 fully saturated rings. The summed E-state index contributed by atoms with van der Waals surface area (Å²) in [6.45, 7) is 1.87. The van der Waals surface area contributed by atoms with E-state index in [9.17, 15) is 4.79 Å². The van der Waals surface area contributed by atoms with Gasteiger partial charge in [-0.25, -0.2) is 0 Å². The van der Waals surface area contributed by atoms with Crippen LogP contribution in [0.15, 0.2) is 18.2 Å². The zero-order chi connectivity index (χ0) is 21.1. The number of carbonyl (C=O) groups is 1. The number of hydrogen-bond donors (Lipinski definition) is 2. The number of amidine groups is 1. The molecule has 0 bridgehead atoms. The summed E-state index contributed by atoms with van der Waals surface area (Å²) in [5.74, 6) is 1.56. The predicted octanol–water partition coefficient (Wildman–Crippen LogP) is 5.24. The number of carbonyl (C=O) groups excluding carboxylic acids is 1. The molecule has 1 aromatic rings. The van der Waals surface area contributed by atoms with Crippen LogP contribution in [0.1, 0.15) is 63.4 Å². The molecular formula is C24H31ClN4O. The largest absolute Gasteiger partial charge is 0.382 e. The Morgan fingerprint density at radius 3 is 2.63 bits per heavy atom. The first kappa shape index (κ1) is 21.2. The van der Waals surface area contributed by atoms with Crippen LogP contribution in [0.2, 0.25) is 5.02 Å². The Labute approximate surface area is 184 Å². The predicted molar refractivity (Wildman–Crippen MR) is 120 cm³/mol. The standard InChI is InChI=1S/C24H31ClN4O/c25-21-11-20(6-5-19(21)15-26)28-22(18-3-1-2-4-18)12-23(27)29-9-7-24(8-10-29)13-17(14-24)16-30/h5-6,11,16-18,22,27-28H,1-4,7-10,12-14H2. The molecule has 160 valence electrons. The summed E-state index contributed by atoms with van der Waals surface area (Å²) in [6, 6.07) is 7.83. The molecule has 0 aromatic heterocycles. The number of nitriles is 1. The van der Waals surface area contributed by atoms with Gasteiger partial charge in [-0.2, -0.15) is 5.26 Å².